The van der Waals surface area contributed by atoms with Crippen LogP contribution in [-0.4, -0.2) is 38.7 Å². The van der Waals surface area contributed by atoms with E-state index in [4.69, 9.17) is 0 Å². The van der Waals surface area contributed by atoms with Crippen molar-refractivity contribution < 1.29 is 26.4 Å². The minimum Gasteiger partial charge on any atom is -0.362 e. The number of halogens is 3. The highest BCUT2D eigenvalue weighted by atomic mass is 32.2. The molecule has 1 aliphatic heterocycles. The van der Waals surface area contributed by atoms with Gasteiger partial charge in [-0.2, -0.15) is 21.6 Å². The highest BCUT2D eigenvalue weighted by molar-refractivity contribution is 7.90. The van der Waals surface area contributed by atoms with E-state index in [1.54, 1.807) is 11.9 Å². The monoisotopic (exact) mass is 465 g/mol. The predicted octanol–water partition coefficient (Wildman–Crippen LogP) is 4.26. The fraction of sp³-hybridized carbons (Fsp3) is 0.364. The molecule has 1 heterocycles. The van der Waals surface area contributed by atoms with Gasteiger partial charge in [0.2, 0.25) is 5.91 Å². The Morgan fingerprint density at radius 3 is 2.59 bits per heavy atom. The van der Waals surface area contributed by atoms with Gasteiger partial charge in [0, 0.05) is 31.6 Å². The van der Waals surface area contributed by atoms with Crippen LogP contribution in [0.15, 0.2) is 57.8 Å². The first-order chi connectivity index (χ1) is 15.1. The lowest BCUT2D eigenvalue weighted by atomic mass is 10.0. The Morgan fingerprint density at radius 1 is 1.16 bits per heavy atom. The minimum absolute atomic E-state index is 0.0575. The number of rotatable bonds is 5. The minimum atomic E-state index is -4.49. The molecule has 1 aliphatic carbocycles. The van der Waals surface area contributed by atoms with E-state index in [-0.39, 0.29) is 16.1 Å². The Labute approximate surface area is 184 Å². The lowest BCUT2D eigenvalue weighted by Gasteiger charge is -2.13. The molecule has 4 rings (SSSR count). The van der Waals surface area contributed by atoms with Crippen LogP contribution in [0.2, 0.25) is 0 Å². The van der Waals surface area contributed by atoms with Gasteiger partial charge in [0.25, 0.3) is 10.0 Å². The quantitative estimate of drug-likeness (QED) is 0.716. The number of benzene rings is 2. The van der Waals surface area contributed by atoms with Crippen LogP contribution >= 0.6 is 0 Å². The number of anilines is 1. The highest BCUT2D eigenvalue weighted by Gasteiger charge is 2.47. The number of amides is 1. The normalized spacial score (nSPS) is 22.2. The molecular weight excluding hydrogens is 443 g/mol. The SMILES string of the molecule is CN1CCCC1=NS(=O)(=O)c1cccc(NC(=O)C2CC2c2ccccc2C(F)(F)F)c1. The summed E-state index contributed by atoms with van der Waals surface area (Å²) in [6, 6.07) is 11.0. The Kier molecular flexibility index (Phi) is 5.74. The van der Waals surface area contributed by atoms with Gasteiger partial charge in [0.1, 0.15) is 5.84 Å². The van der Waals surface area contributed by atoms with E-state index in [0.29, 0.717) is 18.7 Å². The summed E-state index contributed by atoms with van der Waals surface area (Å²) < 4.78 is 69.0. The number of amidine groups is 1. The summed E-state index contributed by atoms with van der Waals surface area (Å²) in [4.78, 5) is 14.4. The topological polar surface area (TPSA) is 78.8 Å². The number of alkyl halides is 3. The third-order valence-electron chi connectivity index (χ3n) is 5.75. The van der Waals surface area contributed by atoms with Crippen LogP contribution in [-0.2, 0) is 21.0 Å². The molecule has 170 valence electrons. The molecule has 1 saturated heterocycles. The molecule has 2 aliphatic rings. The molecule has 2 aromatic carbocycles. The molecule has 2 aromatic rings. The van der Waals surface area contributed by atoms with Gasteiger partial charge in [-0.3, -0.25) is 4.79 Å². The first-order valence-corrected chi connectivity index (χ1v) is 11.6. The second kappa shape index (κ2) is 8.23. The van der Waals surface area contributed by atoms with E-state index in [9.17, 15) is 26.4 Å². The summed E-state index contributed by atoms with van der Waals surface area (Å²) in [5, 5.41) is 2.63. The van der Waals surface area contributed by atoms with Crippen LogP contribution in [0.4, 0.5) is 18.9 Å². The van der Waals surface area contributed by atoms with Crippen molar-refractivity contribution >= 4 is 27.5 Å². The van der Waals surface area contributed by atoms with E-state index in [0.717, 1.165) is 19.0 Å². The van der Waals surface area contributed by atoms with Gasteiger partial charge < -0.3 is 10.2 Å². The predicted molar refractivity (Wildman–Crippen MR) is 114 cm³/mol. The molecule has 2 unspecified atom stereocenters. The van der Waals surface area contributed by atoms with E-state index < -0.39 is 39.5 Å². The second-order valence-corrected chi connectivity index (χ2v) is 9.66. The number of carbonyl (C=O) groups is 1. The van der Waals surface area contributed by atoms with Crippen molar-refractivity contribution in [3.63, 3.8) is 0 Å². The van der Waals surface area contributed by atoms with Gasteiger partial charge in [-0.1, -0.05) is 24.3 Å². The maximum Gasteiger partial charge on any atom is 0.416 e. The average Bonchev–Trinajstić information content (AvgIpc) is 3.45. The number of sulfonamides is 1. The molecule has 2 fully saturated rings. The van der Waals surface area contributed by atoms with Crippen LogP contribution in [0.5, 0.6) is 0 Å². The Balaban J connectivity index is 1.48. The van der Waals surface area contributed by atoms with E-state index >= 15 is 0 Å². The zero-order valence-corrected chi connectivity index (χ0v) is 18.1. The molecular formula is C22H22F3N3O3S. The lowest BCUT2D eigenvalue weighted by Crippen LogP contribution is -2.20. The molecule has 0 bridgehead atoms. The van der Waals surface area contributed by atoms with Crippen molar-refractivity contribution in [3.05, 3.63) is 59.7 Å². The van der Waals surface area contributed by atoms with Crippen molar-refractivity contribution in [1.82, 2.24) is 4.90 Å². The highest BCUT2D eigenvalue weighted by Crippen LogP contribution is 2.51. The average molecular weight is 465 g/mol. The molecule has 1 amide bonds. The van der Waals surface area contributed by atoms with Crippen LogP contribution < -0.4 is 5.32 Å². The summed E-state index contributed by atoms with van der Waals surface area (Å²) in [6.45, 7) is 0.741. The Morgan fingerprint density at radius 2 is 1.91 bits per heavy atom. The van der Waals surface area contributed by atoms with Gasteiger partial charge in [-0.15, -0.1) is 4.40 Å². The van der Waals surface area contributed by atoms with Gasteiger partial charge in [0.15, 0.2) is 0 Å². The fourth-order valence-electron chi connectivity index (χ4n) is 3.98. The maximum absolute atomic E-state index is 13.3. The van der Waals surface area contributed by atoms with Crippen LogP contribution in [0.3, 0.4) is 0 Å². The summed E-state index contributed by atoms with van der Waals surface area (Å²) in [5.41, 5.74) is -0.372. The third-order valence-corrected chi connectivity index (χ3v) is 7.05. The number of nitrogens with one attached hydrogen (secondary N) is 1. The molecule has 6 nitrogen and oxygen atoms in total. The lowest BCUT2D eigenvalue weighted by molar-refractivity contribution is -0.138. The second-order valence-electron chi connectivity index (χ2n) is 8.06. The van der Waals surface area contributed by atoms with E-state index in [1.165, 1.54) is 42.5 Å². The number of hydrogen-bond acceptors (Lipinski definition) is 3. The van der Waals surface area contributed by atoms with Crippen molar-refractivity contribution in [2.24, 2.45) is 10.3 Å². The molecule has 2 atom stereocenters. The maximum atomic E-state index is 13.3. The van der Waals surface area contributed by atoms with Crippen LogP contribution in [0.1, 0.15) is 36.3 Å². The molecule has 32 heavy (non-hydrogen) atoms. The van der Waals surface area contributed by atoms with Gasteiger partial charge in [0.05, 0.1) is 10.5 Å². The van der Waals surface area contributed by atoms with E-state index in [2.05, 4.69) is 9.71 Å². The molecule has 0 aromatic heterocycles. The number of hydrogen-bond donors (Lipinski definition) is 1. The molecule has 10 heteroatoms. The number of carbonyl (C=O) groups excluding carboxylic acids is 1. The van der Waals surface area contributed by atoms with Crippen molar-refractivity contribution in [3.8, 4) is 0 Å². The first-order valence-electron chi connectivity index (χ1n) is 10.2. The number of nitrogens with zero attached hydrogens (tertiary/aromatic N) is 2. The Bertz CT molecular complexity index is 1180. The van der Waals surface area contributed by atoms with Crippen molar-refractivity contribution in [2.45, 2.75) is 36.3 Å². The summed E-state index contributed by atoms with van der Waals surface area (Å²) in [6.07, 6.45) is -2.77. The molecule has 0 spiro atoms. The molecule has 1 N–H and O–H groups in total. The summed E-state index contributed by atoms with van der Waals surface area (Å²) in [7, 11) is -2.17. The fourth-order valence-corrected chi connectivity index (χ4v) is 5.12. The number of likely N-dealkylation sites (tertiary alicyclic amines) is 1. The smallest absolute Gasteiger partial charge is 0.362 e. The summed E-state index contributed by atoms with van der Waals surface area (Å²) in [5.74, 6) is -1.08. The van der Waals surface area contributed by atoms with Gasteiger partial charge >= 0.3 is 6.18 Å². The van der Waals surface area contributed by atoms with Crippen LogP contribution in [0, 0.1) is 5.92 Å². The van der Waals surface area contributed by atoms with E-state index in [1.807, 2.05) is 0 Å². The molecule has 1 saturated carbocycles. The first kappa shape index (κ1) is 22.3. The van der Waals surface area contributed by atoms with Crippen LogP contribution in [0.25, 0.3) is 0 Å². The summed E-state index contributed by atoms with van der Waals surface area (Å²) >= 11 is 0. The third kappa shape index (κ3) is 4.64. The van der Waals surface area contributed by atoms with Gasteiger partial charge in [-0.05, 0) is 48.6 Å². The standard InChI is InChI=1S/C22H22F3N3O3S/c1-28-11-5-10-20(28)27-32(30,31)15-7-4-6-14(12-15)26-21(29)18-13-17(18)16-8-2-3-9-19(16)22(23,24)25/h2-4,6-9,12,17-18H,5,10-11,13H2,1H3,(H,26,29). The van der Waals surface area contributed by atoms with Crippen molar-refractivity contribution in [2.75, 3.05) is 18.9 Å². The zero-order valence-electron chi connectivity index (χ0n) is 17.3. The van der Waals surface area contributed by atoms with Crippen molar-refractivity contribution in [1.29, 1.82) is 0 Å². The van der Waals surface area contributed by atoms with Gasteiger partial charge in [-0.25, -0.2) is 0 Å². The Hall–Kier alpha value is -2.88. The molecule has 0 radical (unpaired) electrons. The zero-order chi connectivity index (χ0) is 23.1. The largest absolute Gasteiger partial charge is 0.416 e.